The minimum Gasteiger partial charge on any atom is -0.347 e. The lowest BCUT2D eigenvalue weighted by Gasteiger charge is -1.98. The molecule has 0 unspecified atom stereocenters. The van der Waals surface area contributed by atoms with Crippen LogP contribution in [0.5, 0.6) is 0 Å². The van der Waals surface area contributed by atoms with Gasteiger partial charge < -0.3 is 9.88 Å². The molecule has 0 aliphatic carbocycles. The van der Waals surface area contributed by atoms with E-state index in [1.54, 1.807) is 0 Å². The van der Waals surface area contributed by atoms with Crippen LogP contribution in [0.4, 0.5) is 5.69 Å². The molecule has 1 aromatic heterocycles. The lowest BCUT2D eigenvalue weighted by molar-refractivity contribution is -0.115. The van der Waals surface area contributed by atoms with Crippen molar-refractivity contribution in [1.29, 1.82) is 0 Å². The Morgan fingerprint density at radius 2 is 1.81 bits per heavy atom. The normalized spacial score (nSPS) is 17.4. The first-order valence-electron chi connectivity index (χ1n) is 8.43. The van der Waals surface area contributed by atoms with E-state index in [-0.39, 0.29) is 5.91 Å². The van der Waals surface area contributed by atoms with Gasteiger partial charge in [0.2, 0.25) is 0 Å². The van der Waals surface area contributed by atoms with Crippen molar-refractivity contribution in [3.63, 3.8) is 0 Å². The van der Waals surface area contributed by atoms with E-state index in [0.29, 0.717) is 10.1 Å². The molecular weight excluding hydrogens is 342 g/mol. The number of amides is 1. The Morgan fingerprint density at radius 1 is 1.08 bits per heavy atom. The number of hydrogen-bond acceptors (Lipinski definition) is 3. The van der Waals surface area contributed by atoms with Crippen molar-refractivity contribution in [3.05, 3.63) is 70.3 Å². The number of aliphatic imine (C=N–C) groups is 1. The number of nitrogens with zero attached hydrogens (tertiary/aromatic N) is 2. The van der Waals surface area contributed by atoms with Gasteiger partial charge in [0, 0.05) is 29.2 Å². The van der Waals surface area contributed by atoms with E-state index in [4.69, 9.17) is 0 Å². The molecule has 1 aliphatic heterocycles. The summed E-state index contributed by atoms with van der Waals surface area (Å²) < 4.78 is 2.15. The predicted molar refractivity (Wildman–Crippen MR) is 110 cm³/mol. The van der Waals surface area contributed by atoms with E-state index < -0.39 is 0 Å². The number of aromatic nitrogens is 1. The van der Waals surface area contributed by atoms with Gasteiger partial charge in [0.1, 0.15) is 0 Å². The molecule has 1 fully saturated rings. The van der Waals surface area contributed by atoms with Crippen LogP contribution in [0.1, 0.15) is 16.8 Å². The molecule has 1 aliphatic rings. The van der Waals surface area contributed by atoms with Gasteiger partial charge in [-0.05, 0) is 49.9 Å². The van der Waals surface area contributed by atoms with Gasteiger partial charge in [-0.1, -0.05) is 35.9 Å². The number of nitrogens with one attached hydrogen (secondary N) is 1. The highest BCUT2D eigenvalue weighted by molar-refractivity contribution is 8.18. The fourth-order valence-electron chi connectivity index (χ4n) is 3.08. The van der Waals surface area contributed by atoms with Crippen molar-refractivity contribution in [1.82, 2.24) is 9.88 Å². The quantitative estimate of drug-likeness (QED) is 0.673. The van der Waals surface area contributed by atoms with E-state index in [0.717, 1.165) is 27.8 Å². The van der Waals surface area contributed by atoms with Gasteiger partial charge in [0.15, 0.2) is 5.17 Å². The highest BCUT2D eigenvalue weighted by Gasteiger charge is 2.25. The van der Waals surface area contributed by atoms with Crippen molar-refractivity contribution in [2.24, 2.45) is 12.0 Å². The number of amidine groups is 1. The zero-order valence-corrected chi connectivity index (χ0v) is 15.7. The molecule has 3 aromatic rings. The van der Waals surface area contributed by atoms with E-state index in [1.165, 1.54) is 17.3 Å². The Balaban J connectivity index is 1.70. The lowest BCUT2D eigenvalue weighted by atomic mass is 10.1. The van der Waals surface area contributed by atoms with Crippen LogP contribution in [-0.4, -0.2) is 15.6 Å². The third kappa shape index (κ3) is 2.95. The Bertz CT molecular complexity index is 1070. The third-order valence-electron chi connectivity index (χ3n) is 4.64. The molecule has 26 heavy (non-hydrogen) atoms. The number of fused-ring (bicyclic) bond motifs is 1. The number of carbonyl (C=O) groups is 1. The topological polar surface area (TPSA) is 46.4 Å². The maximum Gasteiger partial charge on any atom is 0.264 e. The highest BCUT2D eigenvalue weighted by atomic mass is 32.2. The predicted octanol–water partition coefficient (Wildman–Crippen LogP) is 4.69. The molecule has 0 radical (unpaired) electrons. The van der Waals surface area contributed by atoms with Crippen molar-refractivity contribution < 1.29 is 4.79 Å². The molecule has 4 nitrogen and oxygen atoms in total. The average molecular weight is 361 g/mol. The van der Waals surface area contributed by atoms with Gasteiger partial charge in [0.05, 0.1) is 10.6 Å². The largest absolute Gasteiger partial charge is 0.347 e. The molecule has 130 valence electrons. The van der Waals surface area contributed by atoms with Crippen LogP contribution in [0.25, 0.3) is 17.0 Å². The van der Waals surface area contributed by atoms with Crippen LogP contribution < -0.4 is 5.32 Å². The van der Waals surface area contributed by atoms with E-state index in [2.05, 4.69) is 33.9 Å². The summed E-state index contributed by atoms with van der Waals surface area (Å²) in [5.41, 5.74) is 5.40. The Labute approximate surface area is 156 Å². The monoisotopic (exact) mass is 361 g/mol. The maximum atomic E-state index is 12.4. The Morgan fingerprint density at radius 3 is 2.58 bits per heavy atom. The second-order valence-electron chi connectivity index (χ2n) is 6.39. The summed E-state index contributed by atoms with van der Waals surface area (Å²) in [5.74, 6) is -0.104. The summed E-state index contributed by atoms with van der Waals surface area (Å²) >= 11 is 1.38. The van der Waals surface area contributed by atoms with E-state index in [1.807, 2.05) is 56.4 Å². The number of thioether (sulfide) groups is 1. The van der Waals surface area contributed by atoms with Gasteiger partial charge in [-0.3, -0.25) is 4.79 Å². The fourth-order valence-corrected chi connectivity index (χ4v) is 3.90. The summed E-state index contributed by atoms with van der Waals surface area (Å²) in [6.45, 7) is 4.11. The second kappa shape index (κ2) is 6.50. The number of rotatable bonds is 2. The lowest BCUT2D eigenvalue weighted by Crippen LogP contribution is -2.19. The second-order valence-corrected chi connectivity index (χ2v) is 7.42. The summed E-state index contributed by atoms with van der Waals surface area (Å²) in [6.07, 6.45) is 1.97. The maximum absolute atomic E-state index is 12.4. The van der Waals surface area contributed by atoms with Crippen LogP contribution in [0.15, 0.2) is 58.4 Å². The van der Waals surface area contributed by atoms with Crippen LogP contribution >= 0.6 is 11.8 Å². The molecule has 1 amide bonds. The van der Waals surface area contributed by atoms with Gasteiger partial charge in [0.25, 0.3) is 5.91 Å². The fraction of sp³-hybridized carbons (Fsp3) is 0.143. The first-order chi connectivity index (χ1) is 12.5. The summed E-state index contributed by atoms with van der Waals surface area (Å²) in [4.78, 5) is 17.6. The Hall–Kier alpha value is -2.79. The number of benzene rings is 2. The minimum absolute atomic E-state index is 0.104. The Kier molecular flexibility index (Phi) is 4.17. The summed E-state index contributed by atoms with van der Waals surface area (Å²) in [6, 6.07) is 16.2. The van der Waals surface area contributed by atoms with Crippen molar-refractivity contribution in [2.75, 3.05) is 0 Å². The minimum atomic E-state index is -0.104. The van der Waals surface area contributed by atoms with Crippen LogP contribution in [0.2, 0.25) is 0 Å². The van der Waals surface area contributed by atoms with Crippen LogP contribution in [-0.2, 0) is 11.8 Å². The molecule has 0 spiro atoms. The van der Waals surface area contributed by atoms with Gasteiger partial charge in [-0.15, -0.1) is 0 Å². The summed E-state index contributed by atoms with van der Waals surface area (Å²) in [7, 11) is 2.05. The molecule has 0 bridgehead atoms. The molecule has 5 heteroatoms. The van der Waals surface area contributed by atoms with Gasteiger partial charge >= 0.3 is 0 Å². The van der Waals surface area contributed by atoms with Crippen LogP contribution in [0, 0.1) is 13.8 Å². The molecule has 0 atom stereocenters. The zero-order chi connectivity index (χ0) is 18.3. The standard InChI is InChI=1S/C21H19N3OS/c1-13-8-10-15(11-9-13)22-21-23-20(25)19(26-21)12-17-14(2)24(3)18-7-5-4-6-16(17)18/h4-12H,1-3H3,(H,22,23,25)/b19-12-. The summed E-state index contributed by atoms with van der Waals surface area (Å²) in [5, 5.41) is 4.62. The van der Waals surface area contributed by atoms with E-state index in [9.17, 15) is 4.79 Å². The van der Waals surface area contributed by atoms with Crippen molar-refractivity contribution in [2.45, 2.75) is 13.8 Å². The number of carbonyl (C=O) groups excluding carboxylic acids is 1. The smallest absolute Gasteiger partial charge is 0.264 e. The average Bonchev–Trinajstić information content (AvgIpc) is 3.10. The molecule has 0 saturated carbocycles. The van der Waals surface area contributed by atoms with Gasteiger partial charge in [-0.2, -0.15) is 0 Å². The van der Waals surface area contributed by atoms with Gasteiger partial charge in [-0.25, -0.2) is 4.99 Å². The third-order valence-corrected chi connectivity index (χ3v) is 5.55. The molecule has 1 saturated heterocycles. The molecule has 2 heterocycles. The zero-order valence-electron chi connectivity index (χ0n) is 14.9. The van der Waals surface area contributed by atoms with Crippen LogP contribution in [0.3, 0.4) is 0 Å². The number of aryl methyl sites for hydroxylation is 2. The molecule has 2 aromatic carbocycles. The molecular formula is C21H19N3OS. The first kappa shape index (κ1) is 16.7. The first-order valence-corrected chi connectivity index (χ1v) is 9.25. The molecule has 4 rings (SSSR count). The van der Waals surface area contributed by atoms with E-state index >= 15 is 0 Å². The van der Waals surface area contributed by atoms with Crippen molar-refractivity contribution >= 4 is 45.5 Å². The number of para-hydroxylation sites is 1. The SMILES string of the molecule is Cc1ccc(N=C2NC(=O)/C(=C/c3c(C)n(C)c4ccccc34)S2)cc1. The number of hydrogen-bond donors (Lipinski definition) is 1. The van der Waals surface area contributed by atoms with Crippen molar-refractivity contribution in [3.8, 4) is 0 Å². The highest BCUT2D eigenvalue weighted by Crippen LogP contribution is 2.32. The molecule has 1 N–H and O–H groups in total.